The topological polar surface area (TPSA) is 66.6 Å². The molecule has 0 unspecified atom stereocenters. The van der Waals surface area contributed by atoms with Crippen LogP contribution in [0.2, 0.25) is 0 Å². The van der Waals surface area contributed by atoms with Gasteiger partial charge in [-0.25, -0.2) is 0 Å². The van der Waals surface area contributed by atoms with Gasteiger partial charge < -0.3 is 14.5 Å². The SMILES string of the molecule is Cc1cc(C2CCN(CC3(C(=O)O)CCC3)CC2)on1. The summed E-state index contributed by atoms with van der Waals surface area (Å²) in [5.74, 6) is 0.810. The first-order valence-corrected chi connectivity index (χ1v) is 7.48. The molecule has 1 saturated carbocycles. The Kier molecular flexibility index (Phi) is 3.54. The van der Waals surface area contributed by atoms with E-state index in [0.717, 1.165) is 56.6 Å². The van der Waals surface area contributed by atoms with E-state index in [4.69, 9.17) is 4.52 Å². The Hall–Kier alpha value is -1.36. The van der Waals surface area contributed by atoms with Crippen LogP contribution >= 0.6 is 0 Å². The highest BCUT2D eigenvalue weighted by molar-refractivity contribution is 5.76. The average molecular weight is 278 g/mol. The first kappa shape index (κ1) is 13.6. The van der Waals surface area contributed by atoms with Gasteiger partial charge in [-0.1, -0.05) is 11.6 Å². The highest BCUT2D eigenvalue weighted by Crippen LogP contribution is 2.42. The fraction of sp³-hybridized carbons (Fsp3) is 0.733. The summed E-state index contributed by atoms with van der Waals surface area (Å²) in [6.45, 7) is 4.57. The van der Waals surface area contributed by atoms with Crippen LogP contribution in [0.3, 0.4) is 0 Å². The number of nitrogens with zero attached hydrogens (tertiary/aromatic N) is 2. The first-order chi connectivity index (χ1) is 9.59. The summed E-state index contributed by atoms with van der Waals surface area (Å²) in [6, 6.07) is 2.02. The van der Waals surface area contributed by atoms with Gasteiger partial charge in [-0.3, -0.25) is 4.79 Å². The summed E-state index contributed by atoms with van der Waals surface area (Å²) < 4.78 is 5.35. The van der Waals surface area contributed by atoms with Crippen molar-refractivity contribution in [1.29, 1.82) is 0 Å². The molecule has 1 aromatic rings. The normalized spacial score (nSPS) is 23.4. The lowest BCUT2D eigenvalue weighted by molar-refractivity contribution is -0.156. The number of hydrogen-bond acceptors (Lipinski definition) is 4. The highest BCUT2D eigenvalue weighted by Gasteiger charge is 2.45. The lowest BCUT2D eigenvalue weighted by atomic mass is 9.68. The van der Waals surface area contributed by atoms with Crippen molar-refractivity contribution >= 4 is 5.97 Å². The van der Waals surface area contributed by atoms with Gasteiger partial charge >= 0.3 is 5.97 Å². The van der Waals surface area contributed by atoms with Gasteiger partial charge in [0, 0.05) is 18.5 Å². The van der Waals surface area contributed by atoms with Gasteiger partial charge in [0.05, 0.1) is 11.1 Å². The summed E-state index contributed by atoms with van der Waals surface area (Å²) in [4.78, 5) is 13.7. The van der Waals surface area contributed by atoms with E-state index in [1.807, 2.05) is 13.0 Å². The lowest BCUT2D eigenvalue weighted by Gasteiger charge is -2.43. The molecule has 5 nitrogen and oxygen atoms in total. The van der Waals surface area contributed by atoms with Gasteiger partial charge in [0.15, 0.2) is 0 Å². The molecular formula is C15H22N2O3. The van der Waals surface area contributed by atoms with Crippen LogP contribution in [-0.4, -0.2) is 40.8 Å². The molecule has 2 fully saturated rings. The Morgan fingerprint density at radius 3 is 2.65 bits per heavy atom. The molecule has 0 radical (unpaired) electrons. The number of piperidine rings is 1. The molecular weight excluding hydrogens is 256 g/mol. The van der Waals surface area contributed by atoms with Gasteiger partial charge in [-0.2, -0.15) is 0 Å². The summed E-state index contributed by atoms with van der Waals surface area (Å²) in [5, 5.41) is 13.3. The molecule has 1 aliphatic heterocycles. The number of hydrogen-bond donors (Lipinski definition) is 1. The van der Waals surface area contributed by atoms with Gasteiger partial charge in [-0.15, -0.1) is 0 Å². The summed E-state index contributed by atoms with van der Waals surface area (Å²) in [5.41, 5.74) is 0.470. The molecule has 0 bridgehead atoms. The number of aromatic nitrogens is 1. The average Bonchev–Trinajstić information content (AvgIpc) is 2.81. The molecule has 5 heteroatoms. The second-order valence-corrected chi connectivity index (χ2v) is 6.36. The van der Waals surface area contributed by atoms with Gasteiger partial charge in [0.1, 0.15) is 5.76 Å². The van der Waals surface area contributed by atoms with E-state index in [-0.39, 0.29) is 0 Å². The van der Waals surface area contributed by atoms with E-state index in [1.54, 1.807) is 0 Å². The molecule has 0 spiro atoms. The van der Waals surface area contributed by atoms with Crippen LogP contribution in [0.25, 0.3) is 0 Å². The Balaban J connectivity index is 1.55. The molecule has 1 saturated heterocycles. The summed E-state index contributed by atoms with van der Waals surface area (Å²) >= 11 is 0. The number of carboxylic acid groups (broad SMARTS) is 1. The Bertz CT molecular complexity index is 485. The monoisotopic (exact) mass is 278 g/mol. The second kappa shape index (κ2) is 5.20. The van der Waals surface area contributed by atoms with E-state index in [2.05, 4.69) is 10.1 Å². The van der Waals surface area contributed by atoms with Crippen LogP contribution in [0.15, 0.2) is 10.6 Å². The minimum atomic E-state index is -0.614. The maximum Gasteiger partial charge on any atom is 0.310 e. The third-order valence-electron chi connectivity index (χ3n) is 4.93. The number of aliphatic carboxylic acids is 1. The molecule has 110 valence electrons. The van der Waals surface area contributed by atoms with E-state index in [1.165, 1.54) is 0 Å². The Labute approximate surface area is 118 Å². The van der Waals surface area contributed by atoms with Crippen LogP contribution in [0.4, 0.5) is 0 Å². The van der Waals surface area contributed by atoms with Crippen LogP contribution in [0.1, 0.15) is 49.5 Å². The van der Waals surface area contributed by atoms with Crippen molar-refractivity contribution in [2.45, 2.75) is 44.9 Å². The Morgan fingerprint density at radius 2 is 2.20 bits per heavy atom. The zero-order valence-electron chi connectivity index (χ0n) is 12.0. The zero-order valence-corrected chi connectivity index (χ0v) is 12.0. The fourth-order valence-electron chi connectivity index (χ4n) is 3.42. The van der Waals surface area contributed by atoms with Crippen molar-refractivity contribution in [3.05, 3.63) is 17.5 Å². The van der Waals surface area contributed by atoms with Gasteiger partial charge in [0.2, 0.25) is 0 Å². The van der Waals surface area contributed by atoms with Crippen molar-refractivity contribution < 1.29 is 14.4 Å². The third-order valence-corrected chi connectivity index (χ3v) is 4.93. The molecule has 0 aromatic carbocycles. The number of rotatable bonds is 4. The maximum absolute atomic E-state index is 11.4. The van der Waals surface area contributed by atoms with E-state index >= 15 is 0 Å². The van der Waals surface area contributed by atoms with Crippen molar-refractivity contribution in [1.82, 2.24) is 10.1 Å². The summed E-state index contributed by atoms with van der Waals surface area (Å²) in [7, 11) is 0. The van der Waals surface area contributed by atoms with Gasteiger partial charge in [0.25, 0.3) is 0 Å². The highest BCUT2D eigenvalue weighted by atomic mass is 16.5. The van der Waals surface area contributed by atoms with E-state index in [9.17, 15) is 9.90 Å². The maximum atomic E-state index is 11.4. The van der Waals surface area contributed by atoms with Crippen LogP contribution < -0.4 is 0 Å². The Morgan fingerprint density at radius 1 is 1.50 bits per heavy atom. The lowest BCUT2D eigenvalue weighted by Crippen LogP contribution is -2.49. The van der Waals surface area contributed by atoms with E-state index in [0.29, 0.717) is 12.5 Å². The first-order valence-electron chi connectivity index (χ1n) is 7.48. The summed E-state index contributed by atoms with van der Waals surface area (Å²) in [6.07, 6.45) is 4.79. The third kappa shape index (κ3) is 2.46. The van der Waals surface area contributed by atoms with Crippen molar-refractivity contribution in [3.8, 4) is 0 Å². The quantitative estimate of drug-likeness (QED) is 0.916. The number of carbonyl (C=O) groups is 1. The fourth-order valence-corrected chi connectivity index (χ4v) is 3.42. The standard InChI is InChI=1S/C15H22N2O3/c1-11-9-13(20-16-11)12-3-7-17(8-4-12)10-15(14(18)19)5-2-6-15/h9,12H,2-8,10H2,1H3,(H,18,19). The van der Waals surface area contributed by atoms with Crippen molar-refractivity contribution in [2.24, 2.45) is 5.41 Å². The molecule has 0 amide bonds. The molecule has 3 rings (SSSR count). The van der Waals surface area contributed by atoms with Crippen LogP contribution in [-0.2, 0) is 4.79 Å². The molecule has 20 heavy (non-hydrogen) atoms. The minimum Gasteiger partial charge on any atom is -0.481 e. The molecule has 2 heterocycles. The largest absolute Gasteiger partial charge is 0.481 e. The number of likely N-dealkylation sites (tertiary alicyclic amines) is 1. The second-order valence-electron chi connectivity index (χ2n) is 6.36. The van der Waals surface area contributed by atoms with Crippen LogP contribution in [0.5, 0.6) is 0 Å². The number of aryl methyl sites for hydroxylation is 1. The smallest absolute Gasteiger partial charge is 0.310 e. The predicted molar refractivity (Wildman–Crippen MR) is 73.6 cm³/mol. The van der Waals surface area contributed by atoms with Crippen LogP contribution in [0, 0.1) is 12.3 Å². The van der Waals surface area contributed by atoms with Crippen molar-refractivity contribution in [2.75, 3.05) is 19.6 Å². The van der Waals surface area contributed by atoms with E-state index < -0.39 is 11.4 Å². The van der Waals surface area contributed by atoms with Crippen molar-refractivity contribution in [3.63, 3.8) is 0 Å². The molecule has 2 aliphatic rings. The molecule has 1 aromatic heterocycles. The molecule has 1 N–H and O–H groups in total. The number of carboxylic acids is 1. The van der Waals surface area contributed by atoms with Gasteiger partial charge in [-0.05, 0) is 45.7 Å². The molecule has 1 aliphatic carbocycles. The minimum absolute atomic E-state index is 0.439. The zero-order chi connectivity index (χ0) is 14.2. The predicted octanol–water partition coefficient (Wildman–Crippen LogP) is 2.42. The molecule has 0 atom stereocenters.